The molecule has 138 valence electrons. The fourth-order valence-corrected chi connectivity index (χ4v) is 3.24. The topological polar surface area (TPSA) is 48.0 Å². The van der Waals surface area contributed by atoms with Crippen LogP contribution in [-0.2, 0) is 12.7 Å². The fraction of sp³-hybridized carbons (Fsp3) is 0.118. The van der Waals surface area contributed by atoms with Crippen molar-refractivity contribution in [3.8, 4) is 11.4 Å². The summed E-state index contributed by atoms with van der Waals surface area (Å²) in [6, 6.07) is 4.11. The van der Waals surface area contributed by atoms with Gasteiger partial charge in [-0.3, -0.25) is 4.40 Å². The number of fused-ring (bicyclic) bond motifs is 1. The van der Waals surface area contributed by atoms with Gasteiger partial charge in [-0.2, -0.15) is 13.2 Å². The molecule has 3 aromatic heterocycles. The Labute approximate surface area is 158 Å². The minimum absolute atomic E-state index is 0.0327. The first kappa shape index (κ1) is 17.7. The number of nitrogens with zero attached hydrogens (tertiary/aromatic N) is 5. The molecule has 0 atom stereocenters. The maximum absolute atomic E-state index is 13.7. The molecule has 3 heterocycles. The minimum Gasteiger partial charge on any atom is -0.325 e. The molecule has 0 aliphatic rings. The van der Waals surface area contributed by atoms with E-state index in [0.717, 1.165) is 12.1 Å². The predicted molar refractivity (Wildman–Crippen MR) is 92.4 cm³/mol. The van der Waals surface area contributed by atoms with Gasteiger partial charge in [0.2, 0.25) is 5.78 Å². The summed E-state index contributed by atoms with van der Waals surface area (Å²) < 4.78 is 56.7. The van der Waals surface area contributed by atoms with Gasteiger partial charge >= 0.3 is 6.18 Å². The van der Waals surface area contributed by atoms with E-state index in [1.165, 1.54) is 6.20 Å². The normalized spacial score (nSPS) is 12.0. The van der Waals surface area contributed by atoms with Crippen molar-refractivity contribution in [3.05, 3.63) is 70.7 Å². The van der Waals surface area contributed by atoms with Crippen LogP contribution < -0.4 is 0 Å². The molecule has 0 amide bonds. The molecule has 0 fully saturated rings. The molecule has 0 saturated heterocycles. The van der Waals surface area contributed by atoms with Gasteiger partial charge in [0, 0.05) is 30.4 Å². The van der Waals surface area contributed by atoms with E-state index in [2.05, 4.69) is 30.9 Å². The molecular weight excluding hydrogens is 430 g/mol. The highest BCUT2D eigenvalue weighted by Gasteiger charge is 2.31. The van der Waals surface area contributed by atoms with Gasteiger partial charge in [0.05, 0.1) is 17.8 Å². The van der Waals surface area contributed by atoms with Crippen molar-refractivity contribution < 1.29 is 17.6 Å². The zero-order valence-electron chi connectivity index (χ0n) is 13.5. The van der Waals surface area contributed by atoms with Crippen molar-refractivity contribution in [3.63, 3.8) is 0 Å². The third-order valence-corrected chi connectivity index (χ3v) is 4.77. The van der Waals surface area contributed by atoms with Gasteiger partial charge in [-0.25, -0.2) is 19.3 Å². The van der Waals surface area contributed by atoms with E-state index < -0.39 is 17.6 Å². The zero-order valence-corrected chi connectivity index (χ0v) is 15.0. The third-order valence-electron chi connectivity index (χ3n) is 3.93. The van der Waals surface area contributed by atoms with Gasteiger partial charge in [-0.1, -0.05) is 0 Å². The van der Waals surface area contributed by atoms with E-state index >= 15 is 0 Å². The minimum atomic E-state index is -4.65. The Hall–Kier alpha value is -2.75. The van der Waals surface area contributed by atoms with Crippen molar-refractivity contribution in [2.75, 3.05) is 0 Å². The lowest BCUT2D eigenvalue weighted by molar-refractivity contribution is -0.137. The number of aromatic nitrogens is 5. The summed E-state index contributed by atoms with van der Waals surface area (Å²) in [6.07, 6.45) is 1.77. The van der Waals surface area contributed by atoms with Crippen LogP contribution in [0.5, 0.6) is 0 Å². The second kappa shape index (κ2) is 6.45. The predicted octanol–water partition coefficient (Wildman–Crippen LogP) is 4.56. The van der Waals surface area contributed by atoms with Crippen molar-refractivity contribution >= 4 is 21.7 Å². The van der Waals surface area contributed by atoms with Crippen molar-refractivity contribution in [1.29, 1.82) is 0 Å². The van der Waals surface area contributed by atoms with Crippen LogP contribution in [0.25, 0.3) is 17.2 Å². The lowest BCUT2D eigenvalue weighted by Gasteiger charge is -2.11. The molecule has 0 aliphatic heterocycles. The third kappa shape index (κ3) is 3.32. The summed E-state index contributed by atoms with van der Waals surface area (Å²) in [6.45, 7) is 0.219. The average molecular weight is 440 g/mol. The van der Waals surface area contributed by atoms with Gasteiger partial charge in [-0.05, 0) is 40.2 Å². The lowest BCUT2D eigenvalue weighted by Crippen LogP contribution is -2.07. The standard InChI is InChI=1S/C17H10BrF4N5/c18-14-13(25-16-24-2-1-4-27(14)16)9-26-5-3-23-15(26)10-6-11(17(20,21)22)8-12(19)7-10/h1-8H,9H2. The Bertz CT molecular complexity index is 1130. The van der Waals surface area contributed by atoms with Crippen LogP contribution in [0.1, 0.15) is 11.3 Å². The molecule has 4 aromatic rings. The number of hydrogen-bond donors (Lipinski definition) is 0. The van der Waals surface area contributed by atoms with Crippen LogP contribution in [0, 0.1) is 5.82 Å². The fourth-order valence-electron chi connectivity index (χ4n) is 2.75. The average Bonchev–Trinajstić information content (AvgIpc) is 3.19. The van der Waals surface area contributed by atoms with E-state index in [0.29, 0.717) is 22.1 Å². The molecule has 0 spiro atoms. The summed E-state index contributed by atoms with van der Waals surface area (Å²) in [4.78, 5) is 12.6. The summed E-state index contributed by atoms with van der Waals surface area (Å²) in [7, 11) is 0. The number of rotatable bonds is 3. The first-order chi connectivity index (χ1) is 12.8. The molecule has 1 aromatic carbocycles. The molecule has 0 bridgehead atoms. The van der Waals surface area contributed by atoms with E-state index in [-0.39, 0.29) is 17.9 Å². The maximum atomic E-state index is 13.7. The molecule has 0 aliphatic carbocycles. The molecule has 4 rings (SSSR count). The molecule has 0 radical (unpaired) electrons. The smallest absolute Gasteiger partial charge is 0.325 e. The van der Waals surface area contributed by atoms with Gasteiger partial charge in [0.25, 0.3) is 0 Å². The van der Waals surface area contributed by atoms with Gasteiger partial charge in [0.1, 0.15) is 16.2 Å². The van der Waals surface area contributed by atoms with Crippen LogP contribution in [0.2, 0.25) is 0 Å². The van der Waals surface area contributed by atoms with Crippen molar-refractivity contribution in [2.24, 2.45) is 0 Å². The quantitative estimate of drug-likeness (QED) is 0.439. The van der Waals surface area contributed by atoms with Crippen LogP contribution >= 0.6 is 15.9 Å². The van der Waals surface area contributed by atoms with Gasteiger partial charge in [-0.15, -0.1) is 0 Å². The van der Waals surface area contributed by atoms with Crippen LogP contribution in [0.4, 0.5) is 17.6 Å². The van der Waals surface area contributed by atoms with Gasteiger partial charge < -0.3 is 4.57 Å². The van der Waals surface area contributed by atoms with Gasteiger partial charge in [0.15, 0.2) is 0 Å². The van der Waals surface area contributed by atoms with Crippen LogP contribution in [0.15, 0.2) is 53.7 Å². The zero-order chi connectivity index (χ0) is 19.2. The van der Waals surface area contributed by atoms with Crippen molar-refractivity contribution in [1.82, 2.24) is 23.9 Å². The summed E-state index contributed by atoms with van der Waals surface area (Å²) in [5.74, 6) is -0.296. The first-order valence-corrected chi connectivity index (χ1v) is 8.49. The highest BCUT2D eigenvalue weighted by atomic mass is 79.9. The molecule has 0 saturated carbocycles. The van der Waals surface area contributed by atoms with E-state index in [4.69, 9.17) is 0 Å². The van der Waals surface area contributed by atoms with Crippen molar-refractivity contribution in [2.45, 2.75) is 12.7 Å². The Morgan fingerprint density at radius 2 is 1.85 bits per heavy atom. The van der Waals surface area contributed by atoms with E-state index in [1.54, 1.807) is 33.6 Å². The number of imidazole rings is 2. The highest BCUT2D eigenvalue weighted by molar-refractivity contribution is 9.10. The second-order valence-corrected chi connectivity index (χ2v) is 6.50. The molecule has 10 heteroatoms. The van der Waals surface area contributed by atoms with Crippen LogP contribution in [-0.4, -0.2) is 23.9 Å². The molecule has 0 unspecified atom stereocenters. The number of benzene rings is 1. The number of alkyl halides is 3. The summed E-state index contributed by atoms with van der Waals surface area (Å²) in [5.41, 5.74) is -0.420. The maximum Gasteiger partial charge on any atom is 0.416 e. The molecule has 27 heavy (non-hydrogen) atoms. The Kier molecular flexibility index (Phi) is 4.22. The first-order valence-electron chi connectivity index (χ1n) is 7.69. The molecule has 5 nitrogen and oxygen atoms in total. The second-order valence-electron chi connectivity index (χ2n) is 5.74. The largest absolute Gasteiger partial charge is 0.416 e. The number of hydrogen-bond acceptors (Lipinski definition) is 3. The van der Waals surface area contributed by atoms with E-state index in [9.17, 15) is 17.6 Å². The Morgan fingerprint density at radius 3 is 2.59 bits per heavy atom. The van der Waals surface area contributed by atoms with Crippen LogP contribution in [0.3, 0.4) is 0 Å². The Morgan fingerprint density at radius 1 is 1.04 bits per heavy atom. The summed E-state index contributed by atoms with van der Waals surface area (Å²) in [5, 5.41) is 0. The van der Waals surface area contributed by atoms with E-state index in [1.807, 2.05) is 0 Å². The Balaban J connectivity index is 1.75. The SMILES string of the molecule is Fc1cc(-c2nccn2Cc2nc3ncccn3c2Br)cc(C(F)(F)F)c1. The number of halogens is 5. The summed E-state index contributed by atoms with van der Waals surface area (Å²) >= 11 is 3.45. The monoisotopic (exact) mass is 439 g/mol. The lowest BCUT2D eigenvalue weighted by atomic mass is 10.1. The molecule has 0 N–H and O–H groups in total. The molecular formula is C17H10BrF4N5. The highest BCUT2D eigenvalue weighted by Crippen LogP contribution is 2.33.